The fourth-order valence-corrected chi connectivity index (χ4v) is 2.46. The summed E-state index contributed by atoms with van der Waals surface area (Å²) in [6.45, 7) is 2.09. The van der Waals surface area contributed by atoms with E-state index >= 15 is 0 Å². The first-order chi connectivity index (χ1) is 6.70. The zero-order chi connectivity index (χ0) is 10.1. The van der Waals surface area contributed by atoms with Gasteiger partial charge in [0.15, 0.2) is 0 Å². The number of halogens is 2. The zero-order valence-corrected chi connectivity index (χ0v) is 11.2. The lowest BCUT2D eigenvalue weighted by molar-refractivity contribution is 0.299. The molecule has 2 rings (SSSR count). The van der Waals surface area contributed by atoms with E-state index in [4.69, 9.17) is 4.74 Å². The van der Waals surface area contributed by atoms with Crippen molar-refractivity contribution in [3.63, 3.8) is 0 Å². The number of ether oxygens (including phenoxy) is 1. The summed E-state index contributed by atoms with van der Waals surface area (Å²) in [5.74, 6) is 1.06. The van der Waals surface area contributed by atoms with Crippen LogP contribution in [0.4, 0.5) is 0 Å². The third-order valence-corrected chi connectivity index (χ3v) is 3.33. The van der Waals surface area contributed by atoms with E-state index in [0.29, 0.717) is 6.10 Å². The Morgan fingerprint density at radius 3 is 2.71 bits per heavy atom. The number of benzene rings is 1. The van der Waals surface area contributed by atoms with E-state index in [9.17, 15) is 0 Å². The maximum Gasteiger partial charge on any atom is 0.126 e. The molecule has 1 aliphatic carbocycles. The molecular weight excluding hydrogens is 308 g/mol. The van der Waals surface area contributed by atoms with Crippen molar-refractivity contribution in [2.24, 2.45) is 0 Å². The quantitative estimate of drug-likeness (QED) is 0.759. The molecule has 1 nitrogen and oxygen atoms in total. The van der Waals surface area contributed by atoms with Gasteiger partial charge in [-0.25, -0.2) is 0 Å². The van der Waals surface area contributed by atoms with Gasteiger partial charge in [0.1, 0.15) is 5.75 Å². The highest BCUT2D eigenvalue weighted by Crippen LogP contribution is 2.34. The van der Waals surface area contributed by atoms with Crippen LogP contribution in [0.25, 0.3) is 0 Å². The second kappa shape index (κ2) is 4.23. The zero-order valence-electron chi connectivity index (χ0n) is 8.02. The van der Waals surface area contributed by atoms with E-state index in [1.165, 1.54) is 24.0 Å². The molecule has 0 amide bonds. The second-order valence-corrected chi connectivity index (χ2v) is 5.14. The SMILES string of the molecule is Cc1cc(Br)cc(CBr)c1OC1CC1. The van der Waals surface area contributed by atoms with E-state index < -0.39 is 0 Å². The Morgan fingerprint density at radius 1 is 1.43 bits per heavy atom. The fourth-order valence-electron chi connectivity index (χ4n) is 1.42. The average molecular weight is 320 g/mol. The minimum atomic E-state index is 0.465. The van der Waals surface area contributed by atoms with Gasteiger partial charge in [0.05, 0.1) is 6.10 Å². The molecule has 0 unspecified atom stereocenters. The first-order valence-electron chi connectivity index (χ1n) is 4.72. The molecule has 1 saturated carbocycles. The normalized spacial score (nSPS) is 15.6. The summed E-state index contributed by atoms with van der Waals surface area (Å²) >= 11 is 6.98. The van der Waals surface area contributed by atoms with Gasteiger partial charge in [-0.15, -0.1) is 0 Å². The first-order valence-corrected chi connectivity index (χ1v) is 6.64. The molecule has 0 N–H and O–H groups in total. The Labute approximate surface area is 101 Å². The van der Waals surface area contributed by atoms with Crippen LogP contribution in [-0.4, -0.2) is 6.10 Å². The lowest BCUT2D eigenvalue weighted by atomic mass is 10.1. The van der Waals surface area contributed by atoms with Crippen molar-refractivity contribution >= 4 is 31.9 Å². The molecule has 1 aromatic rings. The smallest absolute Gasteiger partial charge is 0.126 e. The molecule has 76 valence electrons. The van der Waals surface area contributed by atoms with Crippen molar-refractivity contribution < 1.29 is 4.74 Å². The highest BCUT2D eigenvalue weighted by molar-refractivity contribution is 9.10. The van der Waals surface area contributed by atoms with Crippen LogP contribution < -0.4 is 4.74 Å². The van der Waals surface area contributed by atoms with Crippen molar-refractivity contribution in [2.75, 3.05) is 0 Å². The van der Waals surface area contributed by atoms with Crippen molar-refractivity contribution in [3.05, 3.63) is 27.7 Å². The Balaban J connectivity index is 2.33. The summed E-state index contributed by atoms with van der Waals surface area (Å²) in [7, 11) is 0. The van der Waals surface area contributed by atoms with Crippen LogP contribution in [0.2, 0.25) is 0 Å². The van der Waals surface area contributed by atoms with E-state index in [1.54, 1.807) is 0 Å². The average Bonchev–Trinajstić information content (AvgIpc) is 2.93. The molecule has 0 aromatic heterocycles. The molecule has 0 aliphatic heterocycles. The Kier molecular flexibility index (Phi) is 3.17. The highest BCUT2D eigenvalue weighted by atomic mass is 79.9. The predicted octanol–water partition coefficient (Wildman–Crippen LogP) is 4.19. The van der Waals surface area contributed by atoms with Crippen molar-refractivity contribution in [3.8, 4) is 5.75 Å². The molecule has 1 fully saturated rings. The van der Waals surface area contributed by atoms with E-state index in [2.05, 4.69) is 50.9 Å². The maximum absolute atomic E-state index is 5.88. The summed E-state index contributed by atoms with van der Waals surface area (Å²) < 4.78 is 7.00. The number of hydrogen-bond donors (Lipinski definition) is 0. The first kappa shape index (κ1) is 10.5. The van der Waals surface area contributed by atoms with Crippen LogP contribution in [0.15, 0.2) is 16.6 Å². The van der Waals surface area contributed by atoms with Crippen molar-refractivity contribution in [2.45, 2.75) is 31.2 Å². The number of rotatable bonds is 3. The van der Waals surface area contributed by atoms with Crippen LogP contribution in [-0.2, 0) is 5.33 Å². The van der Waals surface area contributed by atoms with Crippen LogP contribution in [0.1, 0.15) is 24.0 Å². The standard InChI is InChI=1S/C11H12Br2O/c1-7-4-9(13)5-8(6-12)11(7)14-10-2-3-10/h4-5,10H,2-3,6H2,1H3. The third-order valence-electron chi connectivity index (χ3n) is 2.27. The lowest BCUT2D eigenvalue weighted by Crippen LogP contribution is -2.01. The molecule has 0 saturated heterocycles. The molecule has 1 aromatic carbocycles. The highest BCUT2D eigenvalue weighted by Gasteiger charge is 2.25. The summed E-state index contributed by atoms with van der Waals surface area (Å²) in [5, 5.41) is 0.843. The molecule has 0 spiro atoms. The molecule has 0 atom stereocenters. The fraction of sp³-hybridized carbons (Fsp3) is 0.455. The monoisotopic (exact) mass is 318 g/mol. The van der Waals surface area contributed by atoms with Crippen LogP contribution in [0, 0.1) is 6.92 Å². The molecule has 1 aliphatic rings. The molecule has 0 radical (unpaired) electrons. The van der Waals surface area contributed by atoms with Gasteiger partial charge in [-0.1, -0.05) is 31.9 Å². The van der Waals surface area contributed by atoms with Crippen molar-refractivity contribution in [1.29, 1.82) is 0 Å². The Bertz CT molecular complexity index is 345. The van der Waals surface area contributed by atoms with Gasteiger partial charge in [0.2, 0.25) is 0 Å². The molecule has 0 heterocycles. The van der Waals surface area contributed by atoms with Gasteiger partial charge in [-0.05, 0) is 37.5 Å². The van der Waals surface area contributed by atoms with Gasteiger partial charge >= 0.3 is 0 Å². The number of alkyl halides is 1. The molecule has 3 heteroatoms. The van der Waals surface area contributed by atoms with Crippen LogP contribution in [0.5, 0.6) is 5.75 Å². The molecule has 14 heavy (non-hydrogen) atoms. The minimum absolute atomic E-state index is 0.465. The van der Waals surface area contributed by atoms with E-state index in [0.717, 1.165) is 15.6 Å². The molecule has 0 bridgehead atoms. The largest absolute Gasteiger partial charge is 0.490 e. The van der Waals surface area contributed by atoms with E-state index in [1.807, 2.05) is 0 Å². The second-order valence-electron chi connectivity index (χ2n) is 3.66. The van der Waals surface area contributed by atoms with Crippen LogP contribution in [0.3, 0.4) is 0 Å². The van der Waals surface area contributed by atoms with Gasteiger partial charge < -0.3 is 4.74 Å². The predicted molar refractivity (Wildman–Crippen MR) is 65.2 cm³/mol. The van der Waals surface area contributed by atoms with Crippen LogP contribution >= 0.6 is 31.9 Å². The van der Waals surface area contributed by atoms with Crippen molar-refractivity contribution in [1.82, 2.24) is 0 Å². The van der Waals surface area contributed by atoms with Gasteiger partial charge in [-0.3, -0.25) is 0 Å². The number of hydrogen-bond acceptors (Lipinski definition) is 1. The minimum Gasteiger partial charge on any atom is -0.490 e. The topological polar surface area (TPSA) is 9.23 Å². The maximum atomic E-state index is 5.88. The summed E-state index contributed by atoms with van der Waals surface area (Å²) in [6, 6.07) is 4.21. The third kappa shape index (κ3) is 2.31. The summed E-state index contributed by atoms with van der Waals surface area (Å²) in [4.78, 5) is 0. The van der Waals surface area contributed by atoms with Gasteiger partial charge in [0.25, 0.3) is 0 Å². The van der Waals surface area contributed by atoms with Gasteiger partial charge in [0, 0.05) is 15.4 Å². The summed E-state index contributed by atoms with van der Waals surface area (Å²) in [5.41, 5.74) is 2.43. The summed E-state index contributed by atoms with van der Waals surface area (Å²) in [6.07, 6.45) is 2.88. The molecular formula is C11H12Br2O. The Hall–Kier alpha value is -0.0200. The lowest BCUT2D eigenvalue weighted by Gasteiger charge is -2.12. The number of aryl methyl sites for hydroxylation is 1. The van der Waals surface area contributed by atoms with Gasteiger partial charge in [-0.2, -0.15) is 0 Å². The Morgan fingerprint density at radius 2 is 2.14 bits per heavy atom. The van der Waals surface area contributed by atoms with E-state index in [-0.39, 0.29) is 0 Å².